The molecule has 3 aromatic rings. The van der Waals surface area contributed by atoms with E-state index < -0.39 is 5.97 Å². The van der Waals surface area contributed by atoms with Gasteiger partial charge in [0.25, 0.3) is 0 Å². The van der Waals surface area contributed by atoms with Crippen molar-refractivity contribution < 1.29 is 19.1 Å². The van der Waals surface area contributed by atoms with E-state index in [1.165, 1.54) is 11.8 Å². The minimum atomic E-state index is -0.441. The average Bonchev–Trinajstić information content (AvgIpc) is 2.98. The molecule has 0 saturated heterocycles. The summed E-state index contributed by atoms with van der Waals surface area (Å²) < 4.78 is 12.3. The fraction of sp³-hybridized carbons (Fsp3) is 0.286. The molecule has 1 heterocycles. The van der Waals surface area contributed by atoms with E-state index in [-0.39, 0.29) is 12.7 Å². The van der Waals surface area contributed by atoms with Crippen LogP contribution in [-0.2, 0) is 11.3 Å². The summed E-state index contributed by atoms with van der Waals surface area (Å²) in [5.41, 5.74) is 3.20. The van der Waals surface area contributed by atoms with E-state index in [1.54, 1.807) is 6.07 Å². The molecule has 0 amide bonds. The molecule has 0 unspecified atom stereocenters. The molecule has 136 valence electrons. The van der Waals surface area contributed by atoms with Crippen LogP contribution in [0.25, 0.3) is 10.9 Å². The number of methoxy groups -OCH3 is 1. The van der Waals surface area contributed by atoms with Gasteiger partial charge in [0.05, 0.1) is 18.7 Å². The predicted molar refractivity (Wildman–Crippen MR) is 101 cm³/mol. The minimum Gasteiger partial charge on any atom is -0.491 e. The molecule has 0 aliphatic carbocycles. The van der Waals surface area contributed by atoms with E-state index in [1.807, 2.05) is 63.2 Å². The summed E-state index contributed by atoms with van der Waals surface area (Å²) in [6.45, 7) is 6.27. The van der Waals surface area contributed by atoms with E-state index >= 15 is 0 Å². The average molecular weight is 353 g/mol. The Labute approximate surface area is 153 Å². The summed E-state index contributed by atoms with van der Waals surface area (Å²) in [6, 6.07) is 15.4. The highest BCUT2D eigenvalue weighted by Crippen LogP contribution is 2.24. The number of nitrogens with zero attached hydrogens (tertiary/aromatic N) is 1. The largest absolute Gasteiger partial charge is 0.491 e. The molecule has 0 bridgehead atoms. The second-order valence-electron chi connectivity index (χ2n) is 6.43. The van der Waals surface area contributed by atoms with Crippen molar-refractivity contribution in [3.63, 3.8) is 0 Å². The maximum Gasteiger partial charge on any atom is 0.358 e. The number of aromatic nitrogens is 1. The number of esters is 1. The van der Waals surface area contributed by atoms with Crippen molar-refractivity contribution in [1.29, 1.82) is 0 Å². The molecule has 5 nitrogen and oxygen atoms in total. The lowest BCUT2D eigenvalue weighted by atomic mass is 10.1. The van der Waals surface area contributed by atoms with Gasteiger partial charge in [0, 0.05) is 10.9 Å². The molecule has 0 aliphatic rings. The van der Waals surface area contributed by atoms with Crippen LogP contribution in [0.2, 0.25) is 0 Å². The molecular formula is C21H23NO4. The SMILES string of the molecule is COC(=O)c1cc2ccccc2n1OCc1ccc(C)cc1OC(C)C. The van der Waals surface area contributed by atoms with Gasteiger partial charge in [-0.25, -0.2) is 4.79 Å². The number of hydrogen-bond donors (Lipinski definition) is 0. The monoisotopic (exact) mass is 353 g/mol. The number of fused-ring (bicyclic) bond motifs is 1. The molecule has 0 radical (unpaired) electrons. The lowest BCUT2D eigenvalue weighted by molar-refractivity contribution is 0.0501. The third-order valence-electron chi connectivity index (χ3n) is 4.00. The molecule has 0 aliphatic heterocycles. The van der Waals surface area contributed by atoms with Crippen LogP contribution >= 0.6 is 0 Å². The first-order chi connectivity index (χ1) is 12.5. The molecule has 2 aromatic carbocycles. The second kappa shape index (κ2) is 7.52. The van der Waals surface area contributed by atoms with Crippen molar-refractivity contribution in [2.45, 2.75) is 33.5 Å². The smallest absolute Gasteiger partial charge is 0.358 e. The zero-order valence-corrected chi connectivity index (χ0v) is 15.5. The van der Waals surface area contributed by atoms with Gasteiger partial charge in [0.1, 0.15) is 12.4 Å². The topological polar surface area (TPSA) is 49.7 Å². The van der Waals surface area contributed by atoms with Crippen LogP contribution in [0.15, 0.2) is 48.5 Å². The fourth-order valence-electron chi connectivity index (χ4n) is 2.79. The van der Waals surface area contributed by atoms with Crippen LogP contribution in [0.5, 0.6) is 5.75 Å². The predicted octanol–water partition coefficient (Wildman–Crippen LogP) is 4.15. The molecule has 1 aromatic heterocycles. The lowest BCUT2D eigenvalue weighted by Gasteiger charge is -2.17. The Bertz CT molecular complexity index is 927. The Morgan fingerprint density at radius 3 is 2.62 bits per heavy atom. The Kier molecular flexibility index (Phi) is 5.16. The van der Waals surface area contributed by atoms with Crippen LogP contribution in [0.1, 0.15) is 35.5 Å². The van der Waals surface area contributed by atoms with Crippen molar-refractivity contribution in [1.82, 2.24) is 4.73 Å². The van der Waals surface area contributed by atoms with Crippen LogP contribution in [0.4, 0.5) is 0 Å². The summed E-state index contributed by atoms with van der Waals surface area (Å²) >= 11 is 0. The number of carbonyl (C=O) groups excluding carboxylic acids is 1. The van der Waals surface area contributed by atoms with Gasteiger partial charge in [-0.3, -0.25) is 0 Å². The van der Waals surface area contributed by atoms with Crippen LogP contribution in [0.3, 0.4) is 0 Å². The number of rotatable bonds is 6. The molecule has 26 heavy (non-hydrogen) atoms. The highest BCUT2D eigenvalue weighted by Gasteiger charge is 2.18. The van der Waals surface area contributed by atoms with Gasteiger partial charge in [-0.05, 0) is 44.5 Å². The van der Waals surface area contributed by atoms with E-state index in [4.69, 9.17) is 14.3 Å². The lowest BCUT2D eigenvalue weighted by Crippen LogP contribution is -2.18. The molecule has 5 heteroatoms. The van der Waals surface area contributed by atoms with Gasteiger partial charge in [0.15, 0.2) is 5.69 Å². The van der Waals surface area contributed by atoms with Crippen LogP contribution in [-0.4, -0.2) is 23.9 Å². The van der Waals surface area contributed by atoms with E-state index in [0.717, 1.165) is 27.8 Å². The number of aryl methyl sites for hydroxylation is 1. The molecule has 0 N–H and O–H groups in total. The summed E-state index contributed by atoms with van der Waals surface area (Å²) in [4.78, 5) is 18.1. The summed E-state index contributed by atoms with van der Waals surface area (Å²) in [6.07, 6.45) is 0.0635. The van der Waals surface area contributed by atoms with Gasteiger partial charge in [0.2, 0.25) is 0 Å². The molecule has 0 atom stereocenters. The Balaban J connectivity index is 1.94. The van der Waals surface area contributed by atoms with Gasteiger partial charge in [-0.15, -0.1) is 0 Å². The van der Waals surface area contributed by atoms with E-state index in [2.05, 4.69) is 0 Å². The second-order valence-corrected chi connectivity index (χ2v) is 6.43. The van der Waals surface area contributed by atoms with Gasteiger partial charge in [-0.1, -0.05) is 30.3 Å². The van der Waals surface area contributed by atoms with Crippen molar-refractivity contribution in [3.05, 3.63) is 65.4 Å². The third-order valence-corrected chi connectivity index (χ3v) is 4.00. The minimum absolute atomic E-state index is 0.0635. The standard InChI is InChI=1S/C21H23NO4/c1-14(2)26-20-11-15(3)9-10-17(20)13-25-22-18-8-6-5-7-16(18)12-19(22)21(23)24-4/h5-12,14H,13H2,1-4H3. The van der Waals surface area contributed by atoms with Crippen molar-refractivity contribution in [3.8, 4) is 5.75 Å². The fourth-order valence-corrected chi connectivity index (χ4v) is 2.79. The first-order valence-corrected chi connectivity index (χ1v) is 8.58. The maximum absolute atomic E-state index is 12.1. The number of hydrogen-bond acceptors (Lipinski definition) is 4. The van der Waals surface area contributed by atoms with Gasteiger partial charge in [-0.2, -0.15) is 4.73 Å². The summed E-state index contributed by atoms with van der Waals surface area (Å²) in [5, 5.41) is 0.912. The Morgan fingerprint density at radius 1 is 1.12 bits per heavy atom. The van der Waals surface area contributed by atoms with E-state index in [9.17, 15) is 4.79 Å². The molecule has 0 fully saturated rings. The highest BCUT2D eigenvalue weighted by atomic mass is 16.7. The summed E-state index contributed by atoms with van der Waals surface area (Å²) in [5.74, 6) is 0.347. The van der Waals surface area contributed by atoms with Gasteiger partial charge < -0.3 is 14.3 Å². The number of carbonyl (C=O) groups is 1. The quantitative estimate of drug-likeness (QED) is 0.625. The van der Waals surface area contributed by atoms with Crippen molar-refractivity contribution >= 4 is 16.9 Å². The third kappa shape index (κ3) is 3.67. The van der Waals surface area contributed by atoms with Crippen LogP contribution in [0, 0.1) is 6.92 Å². The summed E-state index contributed by atoms with van der Waals surface area (Å²) in [7, 11) is 1.36. The molecular weight excluding hydrogens is 330 g/mol. The van der Waals surface area contributed by atoms with E-state index in [0.29, 0.717) is 5.69 Å². The van der Waals surface area contributed by atoms with Gasteiger partial charge >= 0.3 is 5.97 Å². The highest BCUT2D eigenvalue weighted by molar-refractivity contribution is 5.95. The zero-order chi connectivity index (χ0) is 18.7. The molecule has 0 spiro atoms. The maximum atomic E-state index is 12.1. The Morgan fingerprint density at radius 2 is 1.88 bits per heavy atom. The van der Waals surface area contributed by atoms with Crippen molar-refractivity contribution in [2.24, 2.45) is 0 Å². The zero-order valence-electron chi connectivity index (χ0n) is 15.5. The van der Waals surface area contributed by atoms with Crippen molar-refractivity contribution in [2.75, 3.05) is 7.11 Å². The molecule has 3 rings (SSSR count). The number of benzene rings is 2. The first kappa shape index (κ1) is 17.9. The number of para-hydroxylation sites is 1. The Hall–Kier alpha value is -2.95. The normalized spacial score (nSPS) is 11.0. The van der Waals surface area contributed by atoms with Crippen LogP contribution < -0.4 is 9.57 Å². The number of ether oxygens (including phenoxy) is 2. The first-order valence-electron chi connectivity index (χ1n) is 8.58. The molecule has 0 saturated carbocycles.